The lowest BCUT2D eigenvalue weighted by Crippen LogP contribution is -2.33. The maximum atomic E-state index is 12.7. The van der Waals surface area contributed by atoms with Crippen molar-refractivity contribution in [1.82, 2.24) is 4.31 Å². The summed E-state index contributed by atoms with van der Waals surface area (Å²) >= 11 is 0. The first-order valence-corrected chi connectivity index (χ1v) is 9.89. The molecule has 0 aromatic heterocycles. The molecule has 152 valence electrons. The highest BCUT2D eigenvalue weighted by Gasteiger charge is 2.30. The standard InChI is InChI=1S/C19H21F3N2O3S/c1-13(2)24(3)28(26,27)17-9-7-16(8-10-17)23-18(25)12-14-5-4-6-15(11-14)19(20,21)22/h4-11,13H,12H2,1-3H3,(H,23,25). The van der Waals surface area contributed by atoms with E-state index in [1.165, 1.54) is 47.8 Å². The molecule has 0 aliphatic carbocycles. The van der Waals surface area contributed by atoms with Gasteiger partial charge in [0, 0.05) is 18.8 Å². The predicted octanol–water partition coefficient (Wildman–Crippen LogP) is 3.92. The van der Waals surface area contributed by atoms with E-state index in [-0.39, 0.29) is 22.9 Å². The van der Waals surface area contributed by atoms with Crippen LogP contribution in [0.5, 0.6) is 0 Å². The molecular weight excluding hydrogens is 393 g/mol. The summed E-state index contributed by atoms with van der Waals surface area (Å²) < 4.78 is 64.3. The van der Waals surface area contributed by atoms with E-state index in [4.69, 9.17) is 0 Å². The van der Waals surface area contributed by atoms with E-state index in [1.807, 2.05) is 0 Å². The number of hydrogen-bond donors (Lipinski definition) is 1. The number of hydrogen-bond acceptors (Lipinski definition) is 3. The third-order valence-corrected chi connectivity index (χ3v) is 6.21. The van der Waals surface area contributed by atoms with E-state index in [9.17, 15) is 26.4 Å². The quantitative estimate of drug-likeness (QED) is 0.779. The largest absolute Gasteiger partial charge is 0.416 e. The number of benzene rings is 2. The minimum atomic E-state index is -4.48. The SMILES string of the molecule is CC(C)N(C)S(=O)(=O)c1ccc(NC(=O)Cc2cccc(C(F)(F)F)c2)cc1. The fourth-order valence-electron chi connectivity index (χ4n) is 2.40. The Morgan fingerprint density at radius 2 is 1.71 bits per heavy atom. The molecule has 0 radical (unpaired) electrons. The molecule has 2 rings (SSSR count). The second kappa shape index (κ2) is 8.32. The molecule has 0 bridgehead atoms. The van der Waals surface area contributed by atoms with Gasteiger partial charge in [0.25, 0.3) is 0 Å². The summed E-state index contributed by atoms with van der Waals surface area (Å²) in [5, 5.41) is 2.55. The fourth-order valence-corrected chi connectivity index (χ4v) is 3.77. The Labute approximate surface area is 162 Å². The molecule has 0 aliphatic rings. The van der Waals surface area contributed by atoms with Gasteiger partial charge in [0.15, 0.2) is 0 Å². The highest BCUT2D eigenvalue weighted by Crippen LogP contribution is 2.29. The number of rotatable bonds is 6. The van der Waals surface area contributed by atoms with E-state index in [0.717, 1.165) is 12.1 Å². The Balaban J connectivity index is 2.08. The van der Waals surface area contributed by atoms with E-state index in [1.54, 1.807) is 13.8 Å². The number of anilines is 1. The summed E-state index contributed by atoms with van der Waals surface area (Å²) in [5.41, 5.74) is -0.241. The number of carbonyl (C=O) groups is 1. The Morgan fingerprint density at radius 3 is 2.25 bits per heavy atom. The highest BCUT2D eigenvalue weighted by molar-refractivity contribution is 7.89. The van der Waals surface area contributed by atoms with Crippen LogP contribution in [0, 0.1) is 0 Å². The van der Waals surface area contributed by atoms with Crippen LogP contribution in [0.25, 0.3) is 0 Å². The third-order valence-electron chi connectivity index (χ3n) is 4.16. The van der Waals surface area contributed by atoms with Crippen LogP contribution in [-0.4, -0.2) is 31.7 Å². The molecule has 0 unspecified atom stereocenters. The minimum Gasteiger partial charge on any atom is -0.326 e. The van der Waals surface area contributed by atoms with Crippen LogP contribution in [0.15, 0.2) is 53.4 Å². The first-order chi connectivity index (χ1) is 12.9. The summed E-state index contributed by atoms with van der Waals surface area (Å²) in [6.45, 7) is 3.50. The topological polar surface area (TPSA) is 66.5 Å². The number of halogens is 3. The summed E-state index contributed by atoms with van der Waals surface area (Å²) in [7, 11) is -2.16. The lowest BCUT2D eigenvalue weighted by atomic mass is 10.1. The summed E-state index contributed by atoms with van der Waals surface area (Å²) in [5.74, 6) is -0.505. The molecule has 28 heavy (non-hydrogen) atoms. The molecule has 0 saturated heterocycles. The molecule has 0 heterocycles. The fraction of sp³-hybridized carbons (Fsp3) is 0.316. The second-order valence-electron chi connectivity index (χ2n) is 6.56. The lowest BCUT2D eigenvalue weighted by molar-refractivity contribution is -0.137. The van der Waals surface area contributed by atoms with E-state index < -0.39 is 27.7 Å². The molecule has 1 N–H and O–H groups in total. The van der Waals surface area contributed by atoms with Gasteiger partial charge in [-0.2, -0.15) is 17.5 Å². The van der Waals surface area contributed by atoms with Crippen LogP contribution in [0.3, 0.4) is 0 Å². The van der Waals surface area contributed by atoms with Gasteiger partial charge in [0.2, 0.25) is 15.9 Å². The van der Waals surface area contributed by atoms with Crippen molar-refractivity contribution in [3.8, 4) is 0 Å². The molecule has 0 aliphatic heterocycles. The molecule has 5 nitrogen and oxygen atoms in total. The zero-order valence-corrected chi connectivity index (χ0v) is 16.4. The molecule has 9 heteroatoms. The van der Waals surface area contributed by atoms with Crippen LogP contribution in [-0.2, 0) is 27.4 Å². The van der Waals surface area contributed by atoms with Crippen LogP contribution in [0.4, 0.5) is 18.9 Å². The minimum absolute atomic E-state index is 0.0829. The van der Waals surface area contributed by atoms with Gasteiger partial charge in [-0.15, -0.1) is 0 Å². The van der Waals surface area contributed by atoms with E-state index >= 15 is 0 Å². The second-order valence-corrected chi connectivity index (χ2v) is 8.56. The van der Waals surface area contributed by atoms with Crippen LogP contribution >= 0.6 is 0 Å². The molecule has 0 saturated carbocycles. The molecule has 2 aromatic carbocycles. The monoisotopic (exact) mass is 414 g/mol. The van der Waals surface area contributed by atoms with Crippen molar-refractivity contribution in [2.24, 2.45) is 0 Å². The smallest absolute Gasteiger partial charge is 0.326 e. The normalized spacial score (nSPS) is 12.4. The summed E-state index contributed by atoms with van der Waals surface area (Å²) in [4.78, 5) is 12.2. The maximum Gasteiger partial charge on any atom is 0.416 e. The molecular formula is C19H21F3N2O3S. The molecule has 1 amide bonds. The first-order valence-electron chi connectivity index (χ1n) is 8.45. The summed E-state index contributed by atoms with van der Waals surface area (Å²) in [6, 6.07) is 9.95. The van der Waals surface area contributed by atoms with Crippen LogP contribution in [0.2, 0.25) is 0 Å². The number of nitrogens with one attached hydrogen (secondary N) is 1. The average molecular weight is 414 g/mol. The van der Waals surface area contributed by atoms with Crippen molar-refractivity contribution in [1.29, 1.82) is 0 Å². The Bertz CT molecular complexity index is 940. The summed E-state index contributed by atoms with van der Waals surface area (Å²) in [6.07, 6.45) is -4.71. The van der Waals surface area contributed by atoms with Crippen molar-refractivity contribution >= 4 is 21.6 Å². The zero-order valence-electron chi connectivity index (χ0n) is 15.6. The van der Waals surface area contributed by atoms with Gasteiger partial charge in [0.1, 0.15) is 0 Å². The Morgan fingerprint density at radius 1 is 1.11 bits per heavy atom. The van der Waals surface area contributed by atoms with E-state index in [0.29, 0.717) is 5.69 Å². The predicted molar refractivity (Wildman–Crippen MR) is 100 cm³/mol. The van der Waals surface area contributed by atoms with Crippen LogP contribution in [0.1, 0.15) is 25.0 Å². The van der Waals surface area contributed by atoms with Crippen molar-refractivity contribution in [2.45, 2.75) is 37.4 Å². The van der Waals surface area contributed by atoms with Gasteiger partial charge in [0.05, 0.1) is 16.9 Å². The first kappa shape index (κ1) is 21.9. The van der Waals surface area contributed by atoms with Crippen molar-refractivity contribution in [3.05, 3.63) is 59.7 Å². The van der Waals surface area contributed by atoms with Crippen molar-refractivity contribution < 1.29 is 26.4 Å². The van der Waals surface area contributed by atoms with Gasteiger partial charge in [-0.25, -0.2) is 8.42 Å². The Hall–Kier alpha value is -2.39. The number of sulfonamides is 1. The average Bonchev–Trinajstić information content (AvgIpc) is 2.60. The number of carbonyl (C=O) groups excluding carboxylic acids is 1. The number of nitrogens with zero attached hydrogens (tertiary/aromatic N) is 1. The molecule has 0 fully saturated rings. The van der Waals surface area contributed by atoms with Crippen LogP contribution < -0.4 is 5.32 Å². The van der Waals surface area contributed by atoms with Crippen molar-refractivity contribution in [2.75, 3.05) is 12.4 Å². The van der Waals surface area contributed by atoms with E-state index in [2.05, 4.69) is 5.32 Å². The van der Waals surface area contributed by atoms with Gasteiger partial charge in [-0.3, -0.25) is 4.79 Å². The number of amides is 1. The maximum absolute atomic E-state index is 12.7. The molecule has 0 atom stereocenters. The van der Waals surface area contributed by atoms with Gasteiger partial charge in [-0.05, 0) is 49.7 Å². The number of alkyl halides is 3. The van der Waals surface area contributed by atoms with Gasteiger partial charge < -0.3 is 5.32 Å². The van der Waals surface area contributed by atoms with Gasteiger partial charge >= 0.3 is 6.18 Å². The zero-order chi connectivity index (χ0) is 21.1. The molecule has 0 spiro atoms. The Kier molecular flexibility index (Phi) is 6.51. The third kappa shape index (κ3) is 5.32. The lowest BCUT2D eigenvalue weighted by Gasteiger charge is -2.21. The van der Waals surface area contributed by atoms with Gasteiger partial charge in [-0.1, -0.05) is 18.2 Å². The molecule has 2 aromatic rings. The highest BCUT2D eigenvalue weighted by atomic mass is 32.2. The van der Waals surface area contributed by atoms with Crippen molar-refractivity contribution in [3.63, 3.8) is 0 Å².